The fourth-order valence-corrected chi connectivity index (χ4v) is 1.95. The SMILES string of the molecule is Cc1nc2[nH]ncc2c2c1CNC2. The van der Waals surface area contributed by atoms with E-state index in [1.165, 1.54) is 11.1 Å². The highest BCUT2D eigenvalue weighted by atomic mass is 15.1. The number of nitrogens with zero attached hydrogens (tertiary/aromatic N) is 2. The molecule has 4 heteroatoms. The van der Waals surface area contributed by atoms with Gasteiger partial charge in [0.1, 0.15) is 0 Å². The minimum atomic E-state index is 0.903. The van der Waals surface area contributed by atoms with Crippen molar-refractivity contribution in [2.75, 3.05) is 0 Å². The Morgan fingerprint density at radius 1 is 1.31 bits per heavy atom. The molecule has 0 amide bonds. The molecule has 66 valence electrons. The summed E-state index contributed by atoms with van der Waals surface area (Å²) in [6.07, 6.45) is 1.85. The van der Waals surface area contributed by atoms with Crippen LogP contribution in [0.15, 0.2) is 6.20 Å². The van der Waals surface area contributed by atoms with E-state index in [0.717, 1.165) is 29.8 Å². The van der Waals surface area contributed by atoms with Crippen molar-refractivity contribution in [3.05, 3.63) is 23.0 Å². The van der Waals surface area contributed by atoms with Gasteiger partial charge < -0.3 is 5.32 Å². The Morgan fingerprint density at radius 2 is 2.15 bits per heavy atom. The van der Waals surface area contributed by atoms with Crippen molar-refractivity contribution in [1.29, 1.82) is 0 Å². The first kappa shape index (κ1) is 7.03. The second kappa shape index (κ2) is 2.29. The third-order valence-electron chi connectivity index (χ3n) is 2.63. The maximum Gasteiger partial charge on any atom is 0.155 e. The lowest BCUT2D eigenvalue weighted by molar-refractivity contribution is 0.763. The predicted molar refractivity (Wildman–Crippen MR) is 49.2 cm³/mol. The van der Waals surface area contributed by atoms with Gasteiger partial charge in [-0.25, -0.2) is 4.98 Å². The van der Waals surface area contributed by atoms with Crippen molar-refractivity contribution in [1.82, 2.24) is 20.5 Å². The van der Waals surface area contributed by atoms with E-state index in [0.29, 0.717) is 0 Å². The Morgan fingerprint density at radius 3 is 3.08 bits per heavy atom. The van der Waals surface area contributed by atoms with Crippen LogP contribution in [0, 0.1) is 6.92 Å². The fraction of sp³-hybridized carbons (Fsp3) is 0.333. The number of aryl methyl sites for hydroxylation is 1. The van der Waals surface area contributed by atoms with Crippen molar-refractivity contribution in [2.24, 2.45) is 0 Å². The highest BCUT2D eigenvalue weighted by Gasteiger charge is 2.17. The topological polar surface area (TPSA) is 53.6 Å². The molecule has 0 atom stereocenters. The Hall–Kier alpha value is -1.42. The minimum absolute atomic E-state index is 0.903. The van der Waals surface area contributed by atoms with E-state index in [1.807, 2.05) is 13.1 Å². The lowest BCUT2D eigenvalue weighted by Gasteiger charge is -2.02. The van der Waals surface area contributed by atoms with E-state index in [4.69, 9.17) is 0 Å². The number of hydrogen-bond acceptors (Lipinski definition) is 3. The molecule has 0 aliphatic carbocycles. The molecule has 3 rings (SSSR count). The maximum atomic E-state index is 4.45. The van der Waals surface area contributed by atoms with E-state index in [1.54, 1.807) is 0 Å². The molecule has 4 nitrogen and oxygen atoms in total. The summed E-state index contributed by atoms with van der Waals surface area (Å²) in [7, 11) is 0. The van der Waals surface area contributed by atoms with E-state index in [-0.39, 0.29) is 0 Å². The number of pyridine rings is 1. The summed E-state index contributed by atoms with van der Waals surface area (Å²) in [5.41, 5.74) is 4.71. The molecule has 2 aromatic rings. The van der Waals surface area contributed by atoms with Gasteiger partial charge in [-0.3, -0.25) is 5.10 Å². The molecule has 0 bridgehead atoms. The van der Waals surface area contributed by atoms with Crippen molar-refractivity contribution in [3.63, 3.8) is 0 Å². The van der Waals surface area contributed by atoms with Crippen molar-refractivity contribution >= 4 is 11.0 Å². The normalized spacial score (nSPS) is 15.2. The average molecular weight is 174 g/mol. The highest BCUT2D eigenvalue weighted by Crippen LogP contribution is 2.25. The highest BCUT2D eigenvalue weighted by molar-refractivity contribution is 5.80. The van der Waals surface area contributed by atoms with Gasteiger partial charge in [0.15, 0.2) is 5.65 Å². The number of fused-ring (bicyclic) bond motifs is 3. The maximum absolute atomic E-state index is 4.45. The van der Waals surface area contributed by atoms with E-state index < -0.39 is 0 Å². The summed E-state index contributed by atoms with van der Waals surface area (Å²) in [6.45, 7) is 3.93. The van der Waals surface area contributed by atoms with Crippen LogP contribution in [0.5, 0.6) is 0 Å². The van der Waals surface area contributed by atoms with Crippen LogP contribution in [0.3, 0.4) is 0 Å². The van der Waals surface area contributed by atoms with Crippen LogP contribution < -0.4 is 5.32 Å². The Kier molecular flexibility index (Phi) is 1.24. The number of hydrogen-bond donors (Lipinski definition) is 2. The standard InChI is InChI=1S/C9H10N4/c1-5-6-2-10-3-7(6)8-4-11-13-9(8)12-5/h4,10H,2-3H2,1H3,(H,11,12,13). The molecule has 1 aliphatic heterocycles. The molecule has 0 saturated heterocycles. The Balaban J connectivity index is 2.48. The summed E-state index contributed by atoms with van der Waals surface area (Å²) in [4.78, 5) is 4.45. The van der Waals surface area contributed by atoms with Crippen LogP contribution in [0.1, 0.15) is 16.8 Å². The average Bonchev–Trinajstić information content (AvgIpc) is 2.66. The first-order valence-electron chi connectivity index (χ1n) is 4.38. The largest absolute Gasteiger partial charge is 0.309 e. The third-order valence-corrected chi connectivity index (χ3v) is 2.63. The summed E-state index contributed by atoms with van der Waals surface area (Å²) in [5, 5.41) is 11.4. The lowest BCUT2D eigenvalue weighted by atomic mass is 10.1. The quantitative estimate of drug-likeness (QED) is 0.623. The van der Waals surface area contributed by atoms with Gasteiger partial charge in [-0.1, -0.05) is 0 Å². The lowest BCUT2D eigenvalue weighted by Crippen LogP contribution is -2.00. The van der Waals surface area contributed by atoms with Crippen molar-refractivity contribution in [2.45, 2.75) is 20.0 Å². The zero-order valence-electron chi connectivity index (χ0n) is 7.39. The van der Waals surface area contributed by atoms with Gasteiger partial charge in [0, 0.05) is 24.2 Å². The Bertz CT molecular complexity index is 472. The molecular weight excluding hydrogens is 164 g/mol. The van der Waals surface area contributed by atoms with Crippen LogP contribution in [-0.2, 0) is 13.1 Å². The molecule has 2 aromatic heterocycles. The smallest absolute Gasteiger partial charge is 0.155 e. The van der Waals surface area contributed by atoms with Crippen LogP contribution >= 0.6 is 0 Å². The van der Waals surface area contributed by atoms with E-state index in [2.05, 4.69) is 20.5 Å². The third kappa shape index (κ3) is 0.833. The monoisotopic (exact) mass is 174 g/mol. The van der Waals surface area contributed by atoms with Crippen LogP contribution in [0.2, 0.25) is 0 Å². The molecule has 0 fully saturated rings. The molecule has 13 heavy (non-hydrogen) atoms. The molecule has 2 N–H and O–H groups in total. The van der Waals surface area contributed by atoms with Gasteiger partial charge >= 0.3 is 0 Å². The molecule has 0 spiro atoms. The van der Waals surface area contributed by atoms with Gasteiger partial charge in [-0.15, -0.1) is 0 Å². The van der Waals surface area contributed by atoms with Gasteiger partial charge in [0.05, 0.1) is 6.20 Å². The van der Waals surface area contributed by atoms with E-state index >= 15 is 0 Å². The number of aromatic nitrogens is 3. The molecule has 0 aromatic carbocycles. The number of rotatable bonds is 0. The number of aromatic amines is 1. The molecule has 0 unspecified atom stereocenters. The minimum Gasteiger partial charge on any atom is -0.309 e. The second-order valence-corrected chi connectivity index (χ2v) is 3.39. The first-order valence-corrected chi connectivity index (χ1v) is 4.38. The summed E-state index contributed by atoms with van der Waals surface area (Å²) in [6, 6.07) is 0. The molecule has 0 radical (unpaired) electrons. The zero-order valence-corrected chi connectivity index (χ0v) is 7.39. The van der Waals surface area contributed by atoms with Gasteiger partial charge in [0.25, 0.3) is 0 Å². The van der Waals surface area contributed by atoms with E-state index in [9.17, 15) is 0 Å². The second-order valence-electron chi connectivity index (χ2n) is 3.39. The molecular formula is C9H10N4. The summed E-state index contributed by atoms with van der Waals surface area (Å²) >= 11 is 0. The number of nitrogens with one attached hydrogen (secondary N) is 2. The van der Waals surface area contributed by atoms with Crippen molar-refractivity contribution < 1.29 is 0 Å². The molecule has 3 heterocycles. The van der Waals surface area contributed by atoms with Gasteiger partial charge in [0.2, 0.25) is 0 Å². The van der Waals surface area contributed by atoms with Crippen LogP contribution in [0.4, 0.5) is 0 Å². The van der Waals surface area contributed by atoms with Gasteiger partial charge in [-0.05, 0) is 18.1 Å². The zero-order chi connectivity index (χ0) is 8.84. The van der Waals surface area contributed by atoms with Gasteiger partial charge in [-0.2, -0.15) is 5.10 Å². The Labute approximate surface area is 75.4 Å². The fourth-order valence-electron chi connectivity index (χ4n) is 1.95. The van der Waals surface area contributed by atoms with Crippen LogP contribution in [-0.4, -0.2) is 15.2 Å². The van der Waals surface area contributed by atoms with Crippen LogP contribution in [0.25, 0.3) is 11.0 Å². The first-order chi connectivity index (χ1) is 6.36. The summed E-state index contributed by atoms with van der Waals surface area (Å²) in [5.74, 6) is 0. The molecule has 1 aliphatic rings. The number of H-pyrrole nitrogens is 1. The molecule has 0 saturated carbocycles. The predicted octanol–water partition coefficient (Wildman–Crippen LogP) is 0.870. The van der Waals surface area contributed by atoms with Crippen molar-refractivity contribution in [3.8, 4) is 0 Å². The summed E-state index contributed by atoms with van der Waals surface area (Å²) < 4.78 is 0.